The van der Waals surface area contributed by atoms with Crippen LogP contribution in [0, 0.1) is 5.92 Å². The molecule has 1 aromatic rings. The zero-order valence-corrected chi connectivity index (χ0v) is 21.7. The minimum atomic E-state index is -0.727. The fraction of sp³-hybridized carbons (Fsp3) is 0.654. The number of piperazine rings is 1. The average Bonchev–Trinajstić information content (AvgIpc) is 2.86. The van der Waals surface area contributed by atoms with Crippen molar-refractivity contribution in [2.24, 2.45) is 5.92 Å². The number of ether oxygens (including phenoxy) is 1. The van der Waals surface area contributed by atoms with Crippen LogP contribution in [0.15, 0.2) is 24.3 Å². The number of likely N-dealkylation sites (N-methyl/N-ethyl adjacent to an activating group) is 2. The van der Waals surface area contributed by atoms with Crippen LogP contribution in [0.1, 0.15) is 57.7 Å². The molecule has 0 spiro atoms. The maximum Gasteiger partial charge on any atom is 0.409 e. The van der Waals surface area contributed by atoms with Crippen LogP contribution in [0.2, 0.25) is 0 Å². The van der Waals surface area contributed by atoms with Gasteiger partial charge in [-0.2, -0.15) is 0 Å². The second kappa shape index (κ2) is 12.4. The topological polar surface area (TPSA) is 103 Å². The Morgan fingerprint density at radius 3 is 2.57 bits per heavy atom. The Kier molecular flexibility index (Phi) is 9.51. The van der Waals surface area contributed by atoms with Crippen LogP contribution < -0.4 is 16.0 Å². The zero-order valence-electron chi connectivity index (χ0n) is 21.7. The number of hydrogen-bond acceptors (Lipinski definition) is 6. The zero-order chi connectivity index (χ0) is 25.5. The molecule has 1 aromatic carbocycles. The van der Waals surface area contributed by atoms with Crippen molar-refractivity contribution in [3.63, 3.8) is 0 Å². The first-order valence-electron chi connectivity index (χ1n) is 12.8. The smallest absolute Gasteiger partial charge is 0.409 e. The van der Waals surface area contributed by atoms with Crippen molar-refractivity contribution in [2.45, 2.75) is 71.3 Å². The van der Waals surface area contributed by atoms with E-state index in [-0.39, 0.29) is 23.8 Å². The van der Waals surface area contributed by atoms with E-state index in [1.54, 1.807) is 18.9 Å². The monoisotopic (exact) mass is 487 g/mol. The van der Waals surface area contributed by atoms with Crippen LogP contribution in [-0.4, -0.2) is 79.2 Å². The van der Waals surface area contributed by atoms with E-state index in [2.05, 4.69) is 33.0 Å². The highest BCUT2D eigenvalue weighted by molar-refractivity contribution is 5.90. The van der Waals surface area contributed by atoms with Crippen LogP contribution in [0.4, 0.5) is 4.79 Å². The van der Waals surface area contributed by atoms with E-state index < -0.39 is 24.4 Å². The summed E-state index contributed by atoms with van der Waals surface area (Å²) in [4.78, 5) is 42.9. The molecule has 9 nitrogen and oxygen atoms in total. The number of carbonyl (C=O) groups excluding carboxylic acids is 3. The number of fused-ring (bicyclic) bond motifs is 1. The summed E-state index contributed by atoms with van der Waals surface area (Å²) < 4.78 is 5.87. The Labute approximate surface area is 208 Å². The van der Waals surface area contributed by atoms with Gasteiger partial charge in [0.2, 0.25) is 11.8 Å². The summed E-state index contributed by atoms with van der Waals surface area (Å²) in [7, 11) is 1.70. The number of rotatable bonds is 8. The second-order valence-corrected chi connectivity index (χ2v) is 9.81. The van der Waals surface area contributed by atoms with Gasteiger partial charge in [0.05, 0.1) is 18.6 Å². The highest BCUT2D eigenvalue weighted by Crippen LogP contribution is 2.29. The molecule has 4 atom stereocenters. The van der Waals surface area contributed by atoms with Crippen molar-refractivity contribution in [3.05, 3.63) is 35.4 Å². The summed E-state index contributed by atoms with van der Waals surface area (Å²) in [5.41, 5.74) is 2.38. The molecular formula is C26H41N5O4. The van der Waals surface area contributed by atoms with Gasteiger partial charge in [-0.15, -0.1) is 0 Å². The van der Waals surface area contributed by atoms with Gasteiger partial charge in [0.25, 0.3) is 0 Å². The summed E-state index contributed by atoms with van der Waals surface area (Å²) in [6, 6.07) is 6.93. The van der Waals surface area contributed by atoms with Gasteiger partial charge in [0, 0.05) is 13.1 Å². The molecule has 2 aliphatic rings. The molecule has 0 aromatic heterocycles. The third-order valence-electron chi connectivity index (χ3n) is 7.11. The molecule has 3 N–H and O–H groups in total. The lowest BCUT2D eigenvalue weighted by Gasteiger charge is -2.42. The molecule has 1 aliphatic heterocycles. The molecule has 1 fully saturated rings. The van der Waals surface area contributed by atoms with Crippen molar-refractivity contribution < 1.29 is 19.1 Å². The first-order valence-corrected chi connectivity index (χ1v) is 12.8. The van der Waals surface area contributed by atoms with Gasteiger partial charge in [0.1, 0.15) is 6.04 Å². The maximum absolute atomic E-state index is 13.6. The predicted molar refractivity (Wildman–Crippen MR) is 135 cm³/mol. The fourth-order valence-electron chi connectivity index (χ4n) is 4.75. The number of carbonyl (C=O) groups is 3. The van der Waals surface area contributed by atoms with E-state index in [9.17, 15) is 14.4 Å². The molecule has 3 amide bonds. The minimum Gasteiger partial charge on any atom is -0.424 e. The molecule has 3 rings (SSSR count). The molecular weight excluding hydrogens is 446 g/mol. The van der Waals surface area contributed by atoms with Crippen LogP contribution >= 0.6 is 0 Å². The van der Waals surface area contributed by atoms with Gasteiger partial charge < -0.3 is 25.6 Å². The molecule has 1 heterocycles. The third-order valence-corrected chi connectivity index (χ3v) is 7.11. The lowest BCUT2D eigenvalue weighted by atomic mass is 9.88. The number of nitrogens with one attached hydrogen (secondary N) is 3. The Morgan fingerprint density at radius 1 is 1.14 bits per heavy atom. The van der Waals surface area contributed by atoms with Gasteiger partial charge in [-0.1, -0.05) is 45.0 Å². The van der Waals surface area contributed by atoms with Gasteiger partial charge >= 0.3 is 6.09 Å². The standard InChI is InChI=1S/C26H41N5O4/c1-6-30-14-15-31(25(33)23(17(2)3)29-24(32)18(4)27-5)22(16-30)35-26(34)28-21-13-9-11-19-10-7-8-12-20(19)21/h7-8,10,12,17-18,21-23,27H,6,9,11,13-16H2,1-5H3,(H,28,34)(H,29,32). The molecule has 9 heteroatoms. The highest BCUT2D eigenvalue weighted by atomic mass is 16.6. The summed E-state index contributed by atoms with van der Waals surface area (Å²) in [6.45, 7) is 9.94. The summed E-state index contributed by atoms with van der Waals surface area (Å²) in [6.07, 6.45) is 1.61. The van der Waals surface area contributed by atoms with Crippen molar-refractivity contribution in [1.29, 1.82) is 0 Å². The molecule has 0 radical (unpaired) electrons. The van der Waals surface area contributed by atoms with Gasteiger partial charge in [-0.05, 0) is 56.8 Å². The lowest BCUT2D eigenvalue weighted by molar-refractivity contribution is -0.152. The van der Waals surface area contributed by atoms with Crippen molar-refractivity contribution in [2.75, 3.05) is 33.2 Å². The lowest BCUT2D eigenvalue weighted by Crippen LogP contribution is -2.62. The first-order chi connectivity index (χ1) is 16.7. The summed E-state index contributed by atoms with van der Waals surface area (Å²) in [5, 5.41) is 8.80. The molecule has 0 bridgehead atoms. The number of alkyl carbamates (subject to hydrolysis) is 1. The predicted octanol–water partition coefficient (Wildman–Crippen LogP) is 2.03. The van der Waals surface area contributed by atoms with Gasteiger partial charge in [0.15, 0.2) is 6.23 Å². The molecule has 35 heavy (non-hydrogen) atoms. The van der Waals surface area contributed by atoms with Gasteiger partial charge in [-0.25, -0.2) is 4.79 Å². The third kappa shape index (κ3) is 6.73. The average molecular weight is 488 g/mol. The van der Waals surface area contributed by atoms with Crippen molar-refractivity contribution >= 4 is 17.9 Å². The molecule has 0 saturated carbocycles. The Morgan fingerprint density at radius 2 is 1.89 bits per heavy atom. The second-order valence-electron chi connectivity index (χ2n) is 9.81. The number of amides is 3. The molecule has 4 unspecified atom stereocenters. The van der Waals surface area contributed by atoms with Crippen LogP contribution in [0.3, 0.4) is 0 Å². The van der Waals surface area contributed by atoms with E-state index in [1.807, 2.05) is 32.9 Å². The molecule has 1 aliphatic carbocycles. The largest absolute Gasteiger partial charge is 0.424 e. The minimum absolute atomic E-state index is 0.104. The van der Waals surface area contributed by atoms with E-state index in [1.165, 1.54) is 5.56 Å². The van der Waals surface area contributed by atoms with Crippen LogP contribution in [0.25, 0.3) is 0 Å². The molecule has 194 valence electrons. The number of nitrogens with zero attached hydrogens (tertiary/aromatic N) is 2. The molecule has 1 saturated heterocycles. The number of aryl methyl sites for hydroxylation is 1. The van der Waals surface area contributed by atoms with Crippen LogP contribution in [0.5, 0.6) is 0 Å². The van der Waals surface area contributed by atoms with Crippen molar-refractivity contribution in [1.82, 2.24) is 25.8 Å². The van der Waals surface area contributed by atoms with Gasteiger partial charge in [-0.3, -0.25) is 14.5 Å². The van der Waals surface area contributed by atoms with E-state index in [0.717, 1.165) is 31.4 Å². The normalized spacial score (nSPS) is 22.2. The van der Waals surface area contributed by atoms with E-state index in [0.29, 0.717) is 19.6 Å². The Bertz CT molecular complexity index is 892. The SMILES string of the molecule is CCN1CCN(C(=O)C(NC(=O)C(C)NC)C(C)C)C(OC(=O)NC2CCCc3ccccc32)C1. The summed E-state index contributed by atoms with van der Waals surface area (Å²) >= 11 is 0. The van der Waals surface area contributed by atoms with E-state index >= 15 is 0 Å². The van der Waals surface area contributed by atoms with Crippen LogP contribution in [-0.2, 0) is 20.7 Å². The maximum atomic E-state index is 13.6. The summed E-state index contributed by atoms with van der Waals surface area (Å²) in [5.74, 6) is -0.584. The number of hydrogen-bond donors (Lipinski definition) is 3. The quantitative estimate of drug-likeness (QED) is 0.519. The first kappa shape index (κ1) is 26.9. The highest BCUT2D eigenvalue weighted by Gasteiger charge is 2.38. The van der Waals surface area contributed by atoms with Crippen molar-refractivity contribution in [3.8, 4) is 0 Å². The Balaban J connectivity index is 1.72. The number of benzene rings is 1. The Hall–Kier alpha value is -2.65. The fourth-order valence-corrected chi connectivity index (χ4v) is 4.75. The van der Waals surface area contributed by atoms with E-state index in [4.69, 9.17) is 4.74 Å².